The van der Waals surface area contributed by atoms with Crippen LogP contribution in [0.4, 0.5) is 0 Å². The van der Waals surface area contributed by atoms with Crippen molar-refractivity contribution in [2.45, 2.75) is 6.92 Å². The fourth-order valence-corrected chi connectivity index (χ4v) is 1.18. The molecule has 0 aliphatic carbocycles. The molecule has 0 fully saturated rings. The van der Waals surface area contributed by atoms with Crippen LogP contribution in [0, 0.1) is 0 Å². The van der Waals surface area contributed by atoms with Gasteiger partial charge in [-0.3, -0.25) is 4.79 Å². The van der Waals surface area contributed by atoms with E-state index >= 15 is 0 Å². The first-order valence-electron chi connectivity index (χ1n) is 4.19. The number of hydrogen-bond donors (Lipinski definition) is 0. The third-order valence-electron chi connectivity index (χ3n) is 1.70. The van der Waals surface area contributed by atoms with Gasteiger partial charge in [0.05, 0.1) is 5.56 Å². The smallest absolute Gasteiger partial charge is 0.335 e. The van der Waals surface area contributed by atoms with E-state index in [9.17, 15) is 9.59 Å². The molecule has 1 aromatic carbocycles. The maximum absolute atomic E-state index is 11.2. The van der Waals surface area contributed by atoms with E-state index in [1.165, 1.54) is 19.1 Å². The van der Waals surface area contributed by atoms with E-state index in [4.69, 9.17) is 16.3 Å². The predicted molar refractivity (Wildman–Crippen MR) is 57.3 cm³/mol. The summed E-state index contributed by atoms with van der Waals surface area (Å²) in [6.07, 6.45) is 1.02. The number of ketones is 1. The van der Waals surface area contributed by atoms with Crippen molar-refractivity contribution < 1.29 is 14.3 Å². The van der Waals surface area contributed by atoms with Gasteiger partial charge in [-0.15, -0.1) is 0 Å². The van der Waals surface area contributed by atoms with Gasteiger partial charge in [0.15, 0.2) is 5.78 Å². The normalized spacial score (nSPS) is 9.47. The molecular weight excluding hydrogens is 216 g/mol. The van der Waals surface area contributed by atoms with Crippen molar-refractivity contribution in [2.75, 3.05) is 0 Å². The van der Waals surface area contributed by atoms with Gasteiger partial charge in [0, 0.05) is 17.2 Å². The highest BCUT2D eigenvalue weighted by Crippen LogP contribution is 2.24. The van der Waals surface area contributed by atoms with Crippen LogP contribution in [0.25, 0.3) is 0 Å². The highest BCUT2D eigenvalue weighted by molar-refractivity contribution is 6.30. The third-order valence-corrected chi connectivity index (χ3v) is 1.94. The first-order chi connectivity index (χ1) is 7.04. The molecule has 0 bridgehead atoms. The quantitative estimate of drug-likeness (QED) is 0.343. The maximum Gasteiger partial charge on any atom is 0.335 e. The minimum absolute atomic E-state index is 0.153. The number of ether oxygens (including phenoxy) is 1. The molecule has 0 aliphatic heterocycles. The molecular formula is C11H9ClO3. The Labute approximate surface area is 92.3 Å². The summed E-state index contributed by atoms with van der Waals surface area (Å²) in [5.74, 6) is -0.668. The third kappa shape index (κ3) is 2.92. The standard InChI is InChI=1S/C11H9ClO3/c1-3-11(14)15-10-6-8(12)4-5-9(10)7(2)13/h3-6H,1H2,2H3. The van der Waals surface area contributed by atoms with Crippen molar-refractivity contribution >= 4 is 23.4 Å². The summed E-state index contributed by atoms with van der Waals surface area (Å²) in [6, 6.07) is 4.49. The Morgan fingerprint density at radius 3 is 2.67 bits per heavy atom. The Hall–Kier alpha value is -1.61. The van der Waals surface area contributed by atoms with E-state index in [0.717, 1.165) is 6.08 Å². The van der Waals surface area contributed by atoms with Crippen molar-refractivity contribution in [2.24, 2.45) is 0 Å². The Kier molecular flexibility index (Phi) is 3.63. The molecule has 3 nitrogen and oxygen atoms in total. The monoisotopic (exact) mass is 224 g/mol. The summed E-state index contributed by atoms with van der Waals surface area (Å²) in [7, 11) is 0. The first-order valence-corrected chi connectivity index (χ1v) is 4.57. The van der Waals surface area contributed by atoms with Gasteiger partial charge in [-0.25, -0.2) is 4.79 Å². The van der Waals surface area contributed by atoms with Crippen LogP contribution in [0.2, 0.25) is 5.02 Å². The van der Waals surface area contributed by atoms with E-state index in [1.54, 1.807) is 6.07 Å². The average Bonchev–Trinajstić information content (AvgIpc) is 2.17. The van der Waals surface area contributed by atoms with E-state index in [1.807, 2.05) is 0 Å². The number of Topliss-reactive ketones (excluding diaryl/α,β-unsaturated/α-hetero) is 1. The predicted octanol–water partition coefficient (Wildman–Crippen LogP) is 2.63. The molecule has 78 valence electrons. The van der Waals surface area contributed by atoms with E-state index in [-0.39, 0.29) is 11.5 Å². The number of halogens is 1. The van der Waals surface area contributed by atoms with Crippen molar-refractivity contribution in [1.29, 1.82) is 0 Å². The van der Waals surface area contributed by atoms with Gasteiger partial charge in [0.2, 0.25) is 0 Å². The van der Waals surface area contributed by atoms with Crippen molar-refractivity contribution in [3.05, 3.63) is 41.4 Å². The lowest BCUT2D eigenvalue weighted by Gasteiger charge is -2.06. The van der Waals surface area contributed by atoms with E-state index < -0.39 is 5.97 Å². The summed E-state index contributed by atoms with van der Waals surface area (Å²) in [5.41, 5.74) is 0.314. The summed E-state index contributed by atoms with van der Waals surface area (Å²) in [4.78, 5) is 22.2. The average molecular weight is 225 g/mol. The SMILES string of the molecule is C=CC(=O)Oc1cc(Cl)ccc1C(C)=O. The van der Waals surface area contributed by atoms with Gasteiger partial charge >= 0.3 is 5.97 Å². The van der Waals surface area contributed by atoms with E-state index in [0.29, 0.717) is 10.6 Å². The Morgan fingerprint density at radius 2 is 2.13 bits per heavy atom. The molecule has 0 spiro atoms. The Bertz CT molecular complexity index is 424. The summed E-state index contributed by atoms with van der Waals surface area (Å²) >= 11 is 5.72. The van der Waals surface area contributed by atoms with Gasteiger partial charge in [-0.05, 0) is 19.1 Å². The molecule has 0 atom stereocenters. The summed E-state index contributed by atoms with van der Waals surface area (Å²) in [6.45, 7) is 4.64. The number of carbonyl (C=O) groups excluding carboxylic acids is 2. The number of rotatable bonds is 3. The fraction of sp³-hybridized carbons (Fsp3) is 0.0909. The molecule has 15 heavy (non-hydrogen) atoms. The highest BCUT2D eigenvalue weighted by atomic mass is 35.5. The molecule has 0 saturated heterocycles. The molecule has 0 amide bonds. The molecule has 0 radical (unpaired) electrons. The van der Waals surface area contributed by atoms with Crippen LogP contribution in [0.5, 0.6) is 5.75 Å². The highest BCUT2D eigenvalue weighted by Gasteiger charge is 2.11. The molecule has 0 aromatic heterocycles. The molecule has 4 heteroatoms. The zero-order valence-electron chi connectivity index (χ0n) is 8.12. The van der Waals surface area contributed by atoms with Crippen LogP contribution < -0.4 is 4.74 Å². The largest absolute Gasteiger partial charge is 0.423 e. The van der Waals surface area contributed by atoms with Crippen molar-refractivity contribution in [3.8, 4) is 5.75 Å². The van der Waals surface area contributed by atoms with E-state index in [2.05, 4.69) is 6.58 Å². The number of esters is 1. The molecule has 0 aliphatic rings. The zero-order valence-corrected chi connectivity index (χ0v) is 8.88. The van der Waals surface area contributed by atoms with Crippen molar-refractivity contribution in [3.63, 3.8) is 0 Å². The Morgan fingerprint density at radius 1 is 1.47 bits per heavy atom. The maximum atomic E-state index is 11.2. The molecule has 1 rings (SSSR count). The molecule has 0 saturated carbocycles. The van der Waals surface area contributed by atoms with Crippen LogP contribution >= 0.6 is 11.6 Å². The van der Waals surface area contributed by atoms with Crippen LogP contribution in [-0.2, 0) is 4.79 Å². The van der Waals surface area contributed by atoms with Crippen LogP contribution in [0.15, 0.2) is 30.9 Å². The van der Waals surface area contributed by atoms with Crippen LogP contribution in [0.3, 0.4) is 0 Å². The van der Waals surface area contributed by atoms with Gasteiger partial charge < -0.3 is 4.74 Å². The zero-order chi connectivity index (χ0) is 11.4. The fourth-order valence-electron chi connectivity index (χ4n) is 1.02. The number of benzene rings is 1. The second-order valence-corrected chi connectivity index (χ2v) is 3.26. The summed E-state index contributed by atoms with van der Waals surface area (Å²) < 4.78 is 4.87. The number of carbonyl (C=O) groups is 2. The molecule has 1 aromatic rings. The molecule has 0 unspecified atom stereocenters. The van der Waals surface area contributed by atoms with Gasteiger partial charge in [-0.1, -0.05) is 18.2 Å². The summed E-state index contributed by atoms with van der Waals surface area (Å²) in [5, 5.41) is 0.395. The molecule has 0 heterocycles. The lowest BCUT2D eigenvalue weighted by atomic mass is 10.1. The second-order valence-electron chi connectivity index (χ2n) is 2.82. The topological polar surface area (TPSA) is 43.4 Å². The number of hydrogen-bond acceptors (Lipinski definition) is 3. The van der Waals surface area contributed by atoms with Gasteiger partial charge in [-0.2, -0.15) is 0 Å². The van der Waals surface area contributed by atoms with Crippen LogP contribution in [0.1, 0.15) is 17.3 Å². The van der Waals surface area contributed by atoms with Crippen molar-refractivity contribution in [1.82, 2.24) is 0 Å². The van der Waals surface area contributed by atoms with Crippen LogP contribution in [-0.4, -0.2) is 11.8 Å². The minimum Gasteiger partial charge on any atom is -0.423 e. The van der Waals surface area contributed by atoms with Gasteiger partial charge in [0.1, 0.15) is 5.75 Å². The Balaban J connectivity index is 3.12. The first kappa shape index (κ1) is 11.5. The lowest BCUT2D eigenvalue weighted by Crippen LogP contribution is -2.07. The second kappa shape index (κ2) is 4.75. The lowest BCUT2D eigenvalue weighted by molar-refractivity contribution is -0.128. The minimum atomic E-state index is -0.625. The molecule has 0 N–H and O–H groups in total. The van der Waals surface area contributed by atoms with Gasteiger partial charge in [0.25, 0.3) is 0 Å².